The molecule has 1 aromatic rings. The molecule has 0 aromatic heterocycles. The number of hydrogen-bond acceptors (Lipinski definition) is 3. The number of rotatable bonds is 8. The summed E-state index contributed by atoms with van der Waals surface area (Å²) < 4.78 is 0. The van der Waals surface area contributed by atoms with Crippen molar-refractivity contribution in [3.05, 3.63) is 61.2 Å². The molecule has 1 amide bonds. The predicted molar refractivity (Wildman–Crippen MR) is 96.9 cm³/mol. The number of carbonyl (C=O) groups excluding carboxylic acids is 2. The molecule has 0 bridgehead atoms. The van der Waals surface area contributed by atoms with Crippen molar-refractivity contribution in [1.82, 2.24) is 9.80 Å². The van der Waals surface area contributed by atoms with Crippen LogP contribution in [-0.2, 0) is 4.79 Å². The maximum absolute atomic E-state index is 12.5. The Morgan fingerprint density at radius 2 is 1.67 bits per heavy atom. The molecule has 1 saturated heterocycles. The van der Waals surface area contributed by atoms with Crippen LogP contribution in [0.15, 0.2) is 55.6 Å². The lowest BCUT2D eigenvalue weighted by Gasteiger charge is -2.32. The van der Waals surface area contributed by atoms with E-state index in [9.17, 15) is 9.59 Å². The lowest BCUT2D eigenvalue weighted by molar-refractivity contribution is -0.131. The molecule has 1 aliphatic rings. The zero-order valence-corrected chi connectivity index (χ0v) is 14.2. The Labute approximate surface area is 144 Å². The minimum Gasteiger partial charge on any atom is -0.334 e. The van der Waals surface area contributed by atoms with Gasteiger partial charge in [0, 0.05) is 24.6 Å². The van der Waals surface area contributed by atoms with Crippen molar-refractivity contribution >= 4 is 11.7 Å². The monoisotopic (exact) mass is 326 g/mol. The molecule has 0 radical (unpaired) electrons. The van der Waals surface area contributed by atoms with Gasteiger partial charge in [-0.25, -0.2) is 0 Å². The molecular formula is C20H26N2O2. The van der Waals surface area contributed by atoms with Crippen LogP contribution in [0.5, 0.6) is 0 Å². The molecule has 1 aromatic carbocycles. The second kappa shape index (κ2) is 9.18. The quantitative estimate of drug-likeness (QED) is 0.545. The molecule has 4 heteroatoms. The van der Waals surface area contributed by atoms with E-state index in [2.05, 4.69) is 18.1 Å². The van der Waals surface area contributed by atoms with E-state index >= 15 is 0 Å². The van der Waals surface area contributed by atoms with Gasteiger partial charge in [-0.05, 0) is 25.9 Å². The fraction of sp³-hybridized carbons (Fsp3) is 0.400. The number of nitrogens with zero attached hydrogens (tertiary/aromatic N) is 2. The molecule has 2 rings (SSSR count). The highest BCUT2D eigenvalue weighted by Gasteiger charge is 2.27. The number of Topliss-reactive ketones (excluding diaryl/α,β-unsaturated/α-hetero) is 1. The van der Waals surface area contributed by atoms with Gasteiger partial charge in [-0.1, -0.05) is 42.5 Å². The largest absolute Gasteiger partial charge is 0.334 e. The van der Waals surface area contributed by atoms with Gasteiger partial charge in [0.25, 0.3) is 0 Å². The Morgan fingerprint density at radius 3 is 2.21 bits per heavy atom. The van der Waals surface area contributed by atoms with Crippen molar-refractivity contribution in [3.8, 4) is 0 Å². The van der Waals surface area contributed by atoms with Gasteiger partial charge in [0.15, 0.2) is 5.78 Å². The van der Waals surface area contributed by atoms with E-state index in [1.165, 1.54) is 0 Å². The summed E-state index contributed by atoms with van der Waals surface area (Å²) in [5.41, 5.74) is 0.787. The average Bonchev–Trinajstić information content (AvgIpc) is 2.62. The third-order valence-electron chi connectivity index (χ3n) is 4.43. The molecule has 0 aliphatic carbocycles. The Kier molecular flexibility index (Phi) is 6.94. The smallest absolute Gasteiger partial charge is 0.237 e. The van der Waals surface area contributed by atoms with Crippen molar-refractivity contribution in [2.24, 2.45) is 5.92 Å². The summed E-state index contributed by atoms with van der Waals surface area (Å²) in [6.45, 7) is 10.4. The van der Waals surface area contributed by atoms with Crippen LogP contribution in [0.25, 0.3) is 0 Å². The van der Waals surface area contributed by atoms with Crippen LogP contribution < -0.4 is 0 Å². The maximum atomic E-state index is 12.5. The number of hydrogen-bond donors (Lipinski definition) is 0. The molecule has 1 aliphatic heterocycles. The molecule has 0 saturated carbocycles. The van der Waals surface area contributed by atoms with Gasteiger partial charge < -0.3 is 4.90 Å². The van der Waals surface area contributed by atoms with Crippen molar-refractivity contribution in [3.63, 3.8) is 0 Å². The summed E-state index contributed by atoms with van der Waals surface area (Å²) in [6, 6.07) is 9.47. The first-order valence-electron chi connectivity index (χ1n) is 8.47. The normalized spacial score (nSPS) is 15.7. The van der Waals surface area contributed by atoms with Crippen molar-refractivity contribution in [1.29, 1.82) is 0 Å². The highest BCUT2D eigenvalue weighted by atomic mass is 16.2. The topological polar surface area (TPSA) is 40.6 Å². The zero-order chi connectivity index (χ0) is 17.4. The first-order valence-corrected chi connectivity index (χ1v) is 8.47. The van der Waals surface area contributed by atoms with Crippen LogP contribution in [0.1, 0.15) is 23.2 Å². The Bertz CT molecular complexity index is 565. The first kappa shape index (κ1) is 18.1. The summed E-state index contributed by atoms with van der Waals surface area (Å²) in [4.78, 5) is 28.7. The van der Waals surface area contributed by atoms with E-state index in [4.69, 9.17) is 0 Å². The second-order valence-corrected chi connectivity index (χ2v) is 6.16. The highest BCUT2D eigenvalue weighted by molar-refractivity contribution is 5.97. The SMILES string of the molecule is C=CCN(CC=C)C(=O)CN1CCC(C(=O)c2ccccc2)CC1. The standard InChI is InChI=1S/C20H26N2O2/c1-3-12-22(13-4-2)19(23)16-21-14-10-18(11-15-21)20(24)17-8-6-5-7-9-17/h3-9,18H,1-2,10-16H2. The molecule has 1 heterocycles. The second-order valence-electron chi connectivity index (χ2n) is 6.16. The molecule has 0 unspecified atom stereocenters. The summed E-state index contributed by atoms with van der Waals surface area (Å²) in [7, 11) is 0. The van der Waals surface area contributed by atoms with Crippen LogP contribution in [0, 0.1) is 5.92 Å². The van der Waals surface area contributed by atoms with Crippen LogP contribution in [0.4, 0.5) is 0 Å². The third-order valence-corrected chi connectivity index (χ3v) is 4.43. The van der Waals surface area contributed by atoms with Gasteiger partial charge >= 0.3 is 0 Å². The molecule has 0 atom stereocenters. The lowest BCUT2D eigenvalue weighted by atomic mass is 9.89. The molecule has 128 valence electrons. The van der Waals surface area contributed by atoms with Crippen molar-refractivity contribution in [2.45, 2.75) is 12.8 Å². The van der Waals surface area contributed by atoms with Crippen LogP contribution in [0.3, 0.4) is 0 Å². The predicted octanol–water partition coefficient (Wildman–Crippen LogP) is 2.78. The Balaban J connectivity index is 1.84. The molecular weight excluding hydrogens is 300 g/mol. The number of piperidine rings is 1. The van der Waals surface area contributed by atoms with Gasteiger partial charge in [-0.15, -0.1) is 13.2 Å². The van der Waals surface area contributed by atoms with E-state index in [0.717, 1.165) is 31.5 Å². The molecule has 0 N–H and O–H groups in total. The van der Waals surface area contributed by atoms with E-state index in [0.29, 0.717) is 19.6 Å². The lowest BCUT2D eigenvalue weighted by Crippen LogP contribution is -2.44. The maximum Gasteiger partial charge on any atom is 0.237 e. The average molecular weight is 326 g/mol. The fourth-order valence-electron chi connectivity index (χ4n) is 3.07. The highest BCUT2D eigenvalue weighted by Crippen LogP contribution is 2.21. The van der Waals surface area contributed by atoms with Crippen molar-refractivity contribution < 1.29 is 9.59 Å². The van der Waals surface area contributed by atoms with Crippen molar-refractivity contribution in [2.75, 3.05) is 32.7 Å². The summed E-state index contributed by atoms with van der Waals surface area (Å²) in [5.74, 6) is 0.375. The molecule has 24 heavy (non-hydrogen) atoms. The number of amides is 1. The first-order chi connectivity index (χ1) is 11.7. The van der Waals surface area contributed by atoms with E-state index in [-0.39, 0.29) is 17.6 Å². The molecule has 1 fully saturated rings. The van der Waals surface area contributed by atoms with E-state index in [1.807, 2.05) is 30.3 Å². The minimum absolute atomic E-state index is 0.0659. The van der Waals surface area contributed by atoms with Crippen LogP contribution >= 0.6 is 0 Å². The Hall–Kier alpha value is -2.20. The van der Waals surface area contributed by atoms with Gasteiger partial charge in [-0.3, -0.25) is 14.5 Å². The van der Waals surface area contributed by atoms with Crippen LogP contribution in [-0.4, -0.2) is 54.2 Å². The van der Waals surface area contributed by atoms with Gasteiger partial charge in [0.1, 0.15) is 0 Å². The minimum atomic E-state index is 0.0659. The molecule has 4 nitrogen and oxygen atoms in total. The van der Waals surface area contributed by atoms with Gasteiger partial charge in [0.2, 0.25) is 5.91 Å². The fourth-order valence-corrected chi connectivity index (χ4v) is 3.07. The van der Waals surface area contributed by atoms with Gasteiger partial charge in [-0.2, -0.15) is 0 Å². The number of carbonyl (C=O) groups is 2. The zero-order valence-electron chi connectivity index (χ0n) is 14.2. The van der Waals surface area contributed by atoms with E-state index < -0.39 is 0 Å². The summed E-state index contributed by atoms with van der Waals surface area (Å²) in [6.07, 6.45) is 5.08. The summed E-state index contributed by atoms with van der Waals surface area (Å²) >= 11 is 0. The third kappa shape index (κ3) is 4.90. The van der Waals surface area contributed by atoms with Gasteiger partial charge in [0.05, 0.1) is 6.54 Å². The Morgan fingerprint density at radius 1 is 1.08 bits per heavy atom. The molecule has 0 spiro atoms. The summed E-state index contributed by atoms with van der Waals surface area (Å²) in [5, 5.41) is 0. The number of benzene rings is 1. The van der Waals surface area contributed by atoms with E-state index in [1.54, 1.807) is 17.1 Å². The number of likely N-dealkylation sites (tertiary alicyclic amines) is 1. The number of ketones is 1. The van der Waals surface area contributed by atoms with Crippen LogP contribution in [0.2, 0.25) is 0 Å².